The van der Waals surface area contributed by atoms with Gasteiger partial charge >= 0.3 is 0 Å². The number of aryl methyl sites for hydroxylation is 3. The van der Waals surface area contributed by atoms with Crippen LogP contribution in [0.25, 0.3) is 0 Å². The number of sulfonamides is 1. The summed E-state index contributed by atoms with van der Waals surface area (Å²) >= 11 is 3.43. The molecule has 0 aromatic heterocycles. The van der Waals surface area contributed by atoms with E-state index in [1.165, 1.54) is 4.90 Å². The first kappa shape index (κ1) is 31.4. The number of halogens is 1. The molecule has 0 saturated heterocycles. The van der Waals surface area contributed by atoms with E-state index in [9.17, 15) is 18.0 Å². The molecule has 0 radical (unpaired) electrons. The summed E-state index contributed by atoms with van der Waals surface area (Å²) in [7, 11) is -4.10. The van der Waals surface area contributed by atoms with E-state index in [1.807, 2.05) is 58.0 Å². The fourth-order valence-electron chi connectivity index (χ4n) is 4.37. The molecule has 0 aliphatic rings. The highest BCUT2D eigenvalue weighted by Crippen LogP contribution is 2.27. The normalized spacial score (nSPS) is 12.1. The Morgan fingerprint density at radius 2 is 1.50 bits per heavy atom. The van der Waals surface area contributed by atoms with Gasteiger partial charge in [0.2, 0.25) is 11.8 Å². The van der Waals surface area contributed by atoms with Crippen molar-refractivity contribution in [3.05, 3.63) is 93.5 Å². The van der Waals surface area contributed by atoms with Gasteiger partial charge in [-0.05, 0) is 87.2 Å². The molecule has 1 N–H and O–H groups in total. The van der Waals surface area contributed by atoms with Crippen LogP contribution in [0.3, 0.4) is 0 Å². The van der Waals surface area contributed by atoms with E-state index in [1.54, 1.807) is 43.3 Å². The van der Waals surface area contributed by atoms with Gasteiger partial charge in [0.1, 0.15) is 12.6 Å². The summed E-state index contributed by atoms with van der Waals surface area (Å²) < 4.78 is 30.0. The van der Waals surface area contributed by atoms with Crippen LogP contribution in [0.15, 0.2) is 76.1 Å². The minimum absolute atomic E-state index is 0.0925. The molecule has 9 heteroatoms. The number of hydrogen-bond donors (Lipinski definition) is 1. The highest BCUT2D eigenvalue weighted by molar-refractivity contribution is 9.10. The number of nitrogens with zero attached hydrogens (tertiary/aromatic N) is 2. The smallest absolute Gasteiger partial charge is 0.264 e. The van der Waals surface area contributed by atoms with Gasteiger partial charge in [0.15, 0.2) is 0 Å². The standard InChI is InChI=1S/C31H38BrN3O4S/c1-6-7-16-33-31(37)25(5)34(20-26-10-12-27(32)13-11-26)30(36)21-35(28-18-23(3)17-24(4)19-28)40(38,39)29-14-8-22(2)9-15-29/h8-15,17-19,25H,6-7,16,20-21H2,1-5H3,(H,33,37). The summed E-state index contributed by atoms with van der Waals surface area (Å²) in [6.45, 7) is 9.57. The molecule has 0 aliphatic heterocycles. The third-order valence-electron chi connectivity index (χ3n) is 6.65. The largest absolute Gasteiger partial charge is 0.354 e. The van der Waals surface area contributed by atoms with Gasteiger partial charge in [0, 0.05) is 17.6 Å². The Hall–Kier alpha value is -3.17. The molecule has 1 atom stereocenters. The van der Waals surface area contributed by atoms with E-state index in [0.29, 0.717) is 12.2 Å². The van der Waals surface area contributed by atoms with Gasteiger partial charge in [-0.2, -0.15) is 0 Å². The third kappa shape index (κ3) is 8.17. The zero-order valence-electron chi connectivity index (χ0n) is 23.8. The van der Waals surface area contributed by atoms with Gasteiger partial charge in [-0.3, -0.25) is 13.9 Å². The zero-order chi connectivity index (χ0) is 29.4. The van der Waals surface area contributed by atoms with Crippen molar-refractivity contribution >= 4 is 43.5 Å². The van der Waals surface area contributed by atoms with Crippen LogP contribution in [-0.4, -0.2) is 44.3 Å². The van der Waals surface area contributed by atoms with Crippen molar-refractivity contribution in [2.45, 2.75) is 64.9 Å². The van der Waals surface area contributed by atoms with Crippen molar-refractivity contribution in [3.8, 4) is 0 Å². The Labute approximate surface area is 246 Å². The van der Waals surface area contributed by atoms with Crippen LogP contribution < -0.4 is 9.62 Å². The summed E-state index contributed by atoms with van der Waals surface area (Å²) in [4.78, 5) is 28.6. The molecule has 40 heavy (non-hydrogen) atoms. The molecule has 7 nitrogen and oxygen atoms in total. The Morgan fingerprint density at radius 1 is 0.900 bits per heavy atom. The molecule has 0 spiro atoms. The van der Waals surface area contributed by atoms with Gasteiger partial charge in [-0.15, -0.1) is 0 Å². The van der Waals surface area contributed by atoms with Gasteiger partial charge < -0.3 is 10.2 Å². The van der Waals surface area contributed by atoms with Crippen LogP contribution in [0.2, 0.25) is 0 Å². The van der Waals surface area contributed by atoms with Crippen molar-refractivity contribution in [3.63, 3.8) is 0 Å². The summed E-state index contributed by atoms with van der Waals surface area (Å²) in [6, 6.07) is 18.7. The van der Waals surface area contributed by atoms with Crippen LogP contribution in [0.4, 0.5) is 5.69 Å². The lowest BCUT2D eigenvalue weighted by Gasteiger charge is -2.32. The number of anilines is 1. The second kappa shape index (κ2) is 13.9. The molecule has 0 saturated carbocycles. The summed E-state index contributed by atoms with van der Waals surface area (Å²) in [5.74, 6) is -0.755. The van der Waals surface area contributed by atoms with Crippen LogP contribution >= 0.6 is 15.9 Å². The fourth-order valence-corrected chi connectivity index (χ4v) is 6.03. The van der Waals surface area contributed by atoms with Crippen molar-refractivity contribution in [2.24, 2.45) is 0 Å². The number of benzene rings is 3. The lowest BCUT2D eigenvalue weighted by molar-refractivity contribution is -0.139. The number of carbonyl (C=O) groups excluding carboxylic acids is 2. The second-order valence-corrected chi connectivity index (χ2v) is 12.9. The van der Waals surface area contributed by atoms with Crippen molar-refractivity contribution in [1.29, 1.82) is 0 Å². The minimum Gasteiger partial charge on any atom is -0.354 e. The topological polar surface area (TPSA) is 86.8 Å². The van der Waals surface area contributed by atoms with Crippen LogP contribution in [0.1, 0.15) is 48.9 Å². The Bertz CT molecular complexity index is 1400. The first-order chi connectivity index (χ1) is 18.9. The van der Waals surface area contributed by atoms with Crippen LogP contribution in [0, 0.1) is 20.8 Å². The molecule has 3 aromatic carbocycles. The molecule has 3 rings (SSSR count). The number of hydrogen-bond acceptors (Lipinski definition) is 4. The quantitative estimate of drug-likeness (QED) is 0.253. The number of amides is 2. The third-order valence-corrected chi connectivity index (χ3v) is 8.96. The first-order valence-corrected chi connectivity index (χ1v) is 15.6. The van der Waals surface area contributed by atoms with Gasteiger partial charge in [-0.1, -0.05) is 65.2 Å². The monoisotopic (exact) mass is 627 g/mol. The number of nitrogens with one attached hydrogen (secondary N) is 1. The van der Waals surface area contributed by atoms with Gasteiger partial charge in [0.05, 0.1) is 10.6 Å². The molecule has 2 amide bonds. The maximum atomic E-state index is 14.0. The predicted molar refractivity (Wildman–Crippen MR) is 164 cm³/mol. The highest BCUT2D eigenvalue weighted by atomic mass is 79.9. The molecule has 0 heterocycles. The van der Waals surface area contributed by atoms with E-state index in [4.69, 9.17) is 0 Å². The molecular weight excluding hydrogens is 590 g/mol. The summed E-state index contributed by atoms with van der Waals surface area (Å²) in [5.41, 5.74) is 3.90. The van der Waals surface area contributed by atoms with Gasteiger partial charge in [0.25, 0.3) is 10.0 Å². The Kier molecular flexibility index (Phi) is 10.9. The van der Waals surface area contributed by atoms with E-state index in [2.05, 4.69) is 21.2 Å². The minimum atomic E-state index is -4.10. The molecular formula is C31H38BrN3O4S. The fraction of sp³-hybridized carbons (Fsp3) is 0.355. The number of unbranched alkanes of at least 4 members (excludes halogenated alkanes) is 1. The Morgan fingerprint density at radius 3 is 2.08 bits per heavy atom. The molecule has 0 fully saturated rings. The molecule has 214 valence electrons. The van der Waals surface area contributed by atoms with E-state index < -0.39 is 28.5 Å². The summed E-state index contributed by atoms with van der Waals surface area (Å²) in [5, 5.41) is 2.90. The van der Waals surface area contributed by atoms with Gasteiger partial charge in [-0.25, -0.2) is 8.42 Å². The number of rotatable bonds is 12. The molecule has 0 bridgehead atoms. The lowest BCUT2D eigenvalue weighted by atomic mass is 10.1. The number of carbonyl (C=O) groups is 2. The average molecular weight is 629 g/mol. The van der Waals surface area contributed by atoms with Crippen molar-refractivity contribution in [2.75, 3.05) is 17.4 Å². The van der Waals surface area contributed by atoms with E-state index >= 15 is 0 Å². The SMILES string of the molecule is CCCCNC(=O)C(C)N(Cc1ccc(Br)cc1)C(=O)CN(c1cc(C)cc(C)c1)S(=O)(=O)c1ccc(C)cc1. The van der Waals surface area contributed by atoms with Crippen molar-refractivity contribution in [1.82, 2.24) is 10.2 Å². The van der Waals surface area contributed by atoms with E-state index in [-0.39, 0.29) is 17.3 Å². The molecule has 0 aliphatic carbocycles. The lowest BCUT2D eigenvalue weighted by Crippen LogP contribution is -2.51. The average Bonchev–Trinajstić information content (AvgIpc) is 2.90. The van der Waals surface area contributed by atoms with Crippen LogP contribution in [0.5, 0.6) is 0 Å². The highest BCUT2D eigenvalue weighted by Gasteiger charge is 2.32. The van der Waals surface area contributed by atoms with Crippen LogP contribution in [-0.2, 0) is 26.2 Å². The Balaban J connectivity index is 2.03. The predicted octanol–water partition coefficient (Wildman–Crippen LogP) is 5.90. The summed E-state index contributed by atoms with van der Waals surface area (Å²) in [6.07, 6.45) is 1.76. The second-order valence-electron chi connectivity index (χ2n) is 10.1. The van der Waals surface area contributed by atoms with E-state index in [0.717, 1.165) is 43.9 Å². The maximum absolute atomic E-state index is 14.0. The first-order valence-electron chi connectivity index (χ1n) is 13.4. The molecule has 3 aromatic rings. The zero-order valence-corrected chi connectivity index (χ0v) is 26.2. The maximum Gasteiger partial charge on any atom is 0.264 e. The molecule has 1 unspecified atom stereocenters. The van der Waals surface area contributed by atoms with Crippen molar-refractivity contribution < 1.29 is 18.0 Å².